The van der Waals surface area contributed by atoms with Gasteiger partial charge in [0.1, 0.15) is 11.2 Å². The number of hydrogen-bond acceptors (Lipinski definition) is 2. The molecule has 0 spiro atoms. The van der Waals surface area contributed by atoms with Crippen LogP contribution in [0.15, 0.2) is 186 Å². The lowest BCUT2D eigenvalue weighted by Crippen LogP contribution is -2.09. The summed E-state index contributed by atoms with van der Waals surface area (Å²) in [7, 11) is 0. The summed E-state index contributed by atoms with van der Waals surface area (Å²) in [6.45, 7) is 0. The number of benzene rings is 8. The van der Waals surface area contributed by atoms with Gasteiger partial charge in [-0.05, 0) is 83.1 Å². The zero-order chi connectivity index (χ0) is 41.9. The van der Waals surface area contributed by atoms with E-state index in [4.69, 9.17) is 14.0 Å². The summed E-state index contributed by atoms with van der Waals surface area (Å²) in [5, 5.41) is 3.65. The van der Waals surface area contributed by atoms with Crippen LogP contribution in [0.25, 0.3) is 71.3 Å². The van der Waals surface area contributed by atoms with Crippen LogP contribution in [0.5, 0.6) is 0 Å². The molecule has 0 atom stereocenters. The lowest BCUT2D eigenvalue weighted by atomic mass is 9.99. The topological polar surface area (TPSA) is 21.3 Å². The third-order valence-corrected chi connectivity index (χ3v) is 8.96. The predicted octanol–water partition coefficient (Wildman–Crippen LogP) is 13.0. The number of nitrogens with zero attached hydrogens (tertiary/aromatic N) is 2. The zero-order valence-corrected chi connectivity index (χ0v) is 25.8. The summed E-state index contributed by atoms with van der Waals surface area (Å²) in [5.74, 6) is 0. The van der Waals surface area contributed by atoms with Crippen LogP contribution in [-0.2, 0) is 0 Å². The lowest BCUT2D eigenvalue weighted by molar-refractivity contribution is 0.669. The second-order valence-corrected chi connectivity index (χ2v) is 11.7. The van der Waals surface area contributed by atoms with Crippen molar-refractivity contribution < 1.29 is 19.5 Å². The first-order chi connectivity index (χ1) is 28.9. The van der Waals surface area contributed by atoms with Crippen molar-refractivity contribution >= 4 is 71.6 Å². The second kappa shape index (κ2) is 11.0. The van der Waals surface area contributed by atoms with Gasteiger partial charge >= 0.3 is 0 Å². The molecular weight excluding hydrogens is 597 g/mol. The van der Waals surface area contributed by atoms with Crippen LogP contribution < -0.4 is 4.90 Å². The van der Waals surface area contributed by atoms with Gasteiger partial charge in [-0.25, -0.2) is 0 Å². The molecule has 0 saturated heterocycles. The standard InChI is InChI=1S/C46H30N2O/c1-3-13-33(14-4-1)47(35-25-22-32(23-26-35)37-19-11-21-44-45(37)40-18-9-10-20-43(40)49-44)36-27-29-42-41(30-36)39-28-24-31-12-7-8-17-38(31)46(39)48(42)34-15-5-2-6-16-34/h1-30H/i9D,10D,11D,18D,19D,20D,21D,22D,23D,25D,26D. The monoisotopic (exact) mass is 637 g/mol. The Kier molecular flexibility index (Phi) is 4.19. The maximum atomic E-state index is 9.56. The van der Waals surface area contributed by atoms with Gasteiger partial charge < -0.3 is 13.9 Å². The largest absolute Gasteiger partial charge is 0.456 e. The van der Waals surface area contributed by atoms with Crippen molar-refractivity contribution in [1.82, 2.24) is 4.57 Å². The Hall–Kier alpha value is -6.58. The second-order valence-electron chi connectivity index (χ2n) is 11.7. The molecule has 0 aliphatic heterocycles. The van der Waals surface area contributed by atoms with Gasteiger partial charge in [0.25, 0.3) is 0 Å². The quantitative estimate of drug-likeness (QED) is 0.187. The number of hydrogen-bond donors (Lipinski definition) is 0. The van der Waals surface area contributed by atoms with Crippen LogP contribution in [0.1, 0.15) is 15.1 Å². The van der Waals surface area contributed by atoms with Crippen molar-refractivity contribution in [3.8, 4) is 16.8 Å². The molecule has 0 N–H and O–H groups in total. The summed E-state index contributed by atoms with van der Waals surface area (Å²) in [4.78, 5) is 1.67. The van der Waals surface area contributed by atoms with Crippen LogP contribution in [0.3, 0.4) is 0 Å². The molecule has 3 nitrogen and oxygen atoms in total. The van der Waals surface area contributed by atoms with Crippen LogP contribution >= 0.6 is 0 Å². The van der Waals surface area contributed by atoms with Crippen molar-refractivity contribution in [2.75, 3.05) is 4.90 Å². The van der Waals surface area contributed by atoms with E-state index in [1.807, 2.05) is 66.7 Å². The molecule has 2 heterocycles. The maximum Gasteiger partial charge on any atom is 0.136 e. The van der Waals surface area contributed by atoms with Gasteiger partial charge in [0.05, 0.1) is 26.1 Å². The van der Waals surface area contributed by atoms with E-state index in [9.17, 15) is 5.48 Å². The Bertz CT molecular complexity index is 3430. The highest BCUT2D eigenvalue weighted by atomic mass is 16.3. The van der Waals surface area contributed by atoms with Crippen LogP contribution in [-0.4, -0.2) is 4.57 Å². The minimum absolute atomic E-state index is 0.0819. The summed E-state index contributed by atoms with van der Waals surface area (Å²) in [5.41, 5.74) is 2.61. The molecule has 0 saturated carbocycles. The molecule has 2 aromatic heterocycles. The molecule has 49 heavy (non-hydrogen) atoms. The van der Waals surface area contributed by atoms with E-state index in [1.54, 1.807) is 17.0 Å². The van der Waals surface area contributed by atoms with Crippen molar-refractivity contribution in [3.63, 3.8) is 0 Å². The zero-order valence-electron chi connectivity index (χ0n) is 36.8. The fraction of sp³-hybridized carbons (Fsp3) is 0. The van der Waals surface area contributed by atoms with Gasteiger partial charge in [0.2, 0.25) is 0 Å². The van der Waals surface area contributed by atoms with Gasteiger partial charge in [-0.1, -0.05) is 115 Å². The SMILES string of the molecule is [2H]c1c([2H])c(N(c2ccccc2)c2ccc3c(c2)c2ccc4ccccc4c2n3-c2ccccc2)c([2H])c([2H])c1-c1c([2H])c([2H])c([2H])c2oc3c([2H])c([2H])c([2H])c([2H])c3c12. The molecule has 3 heteroatoms. The van der Waals surface area contributed by atoms with E-state index in [2.05, 4.69) is 41.0 Å². The number of rotatable bonds is 5. The summed E-state index contributed by atoms with van der Waals surface area (Å²) in [6, 6.07) is 31.3. The first-order valence-electron chi connectivity index (χ1n) is 21.3. The molecule has 0 aliphatic rings. The Morgan fingerprint density at radius 2 is 1.27 bits per heavy atom. The van der Waals surface area contributed by atoms with Crippen molar-refractivity contribution in [1.29, 1.82) is 0 Å². The number of para-hydroxylation sites is 3. The molecule has 0 radical (unpaired) electrons. The molecule has 0 amide bonds. The maximum absolute atomic E-state index is 9.56. The van der Waals surface area contributed by atoms with Gasteiger partial charge in [-0.15, -0.1) is 0 Å². The van der Waals surface area contributed by atoms with E-state index in [1.165, 1.54) is 0 Å². The average molecular weight is 638 g/mol. The number of furan rings is 1. The van der Waals surface area contributed by atoms with E-state index in [-0.39, 0.29) is 38.8 Å². The average Bonchev–Trinajstić information content (AvgIpc) is 3.84. The first-order valence-corrected chi connectivity index (χ1v) is 15.8. The Morgan fingerprint density at radius 3 is 2.12 bits per heavy atom. The Morgan fingerprint density at radius 1 is 0.510 bits per heavy atom. The van der Waals surface area contributed by atoms with E-state index < -0.39 is 66.5 Å². The molecule has 10 aromatic rings. The van der Waals surface area contributed by atoms with Gasteiger partial charge in [0, 0.05) is 49.7 Å². The normalized spacial score (nSPS) is 14.8. The number of anilines is 3. The van der Waals surface area contributed by atoms with Crippen molar-refractivity contribution in [2.24, 2.45) is 0 Å². The highest BCUT2D eigenvalue weighted by Crippen LogP contribution is 2.42. The minimum Gasteiger partial charge on any atom is -0.456 e. The molecular formula is C46H30N2O. The van der Waals surface area contributed by atoms with Gasteiger partial charge in [-0.2, -0.15) is 0 Å². The molecule has 0 unspecified atom stereocenters. The van der Waals surface area contributed by atoms with Gasteiger partial charge in [-0.3, -0.25) is 0 Å². The number of aromatic nitrogens is 1. The molecule has 0 aliphatic carbocycles. The first kappa shape index (κ1) is 18.7. The highest BCUT2D eigenvalue weighted by Gasteiger charge is 2.19. The van der Waals surface area contributed by atoms with Crippen LogP contribution in [0.2, 0.25) is 0 Å². The fourth-order valence-corrected chi connectivity index (χ4v) is 6.83. The Labute approximate surface area is 298 Å². The lowest BCUT2D eigenvalue weighted by Gasteiger charge is -2.26. The third-order valence-electron chi connectivity index (χ3n) is 8.96. The number of fused-ring (bicyclic) bond motifs is 8. The van der Waals surface area contributed by atoms with E-state index >= 15 is 0 Å². The molecule has 230 valence electrons. The van der Waals surface area contributed by atoms with Crippen LogP contribution in [0.4, 0.5) is 17.1 Å². The highest BCUT2D eigenvalue weighted by molar-refractivity contribution is 6.19. The van der Waals surface area contributed by atoms with E-state index in [0.717, 1.165) is 38.3 Å². The van der Waals surface area contributed by atoms with Gasteiger partial charge in [0.15, 0.2) is 0 Å². The van der Waals surface area contributed by atoms with E-state index in [0.29, 0.717) is 11.4 Å². The van der Waals surface area contributed by atoms with Crippen molar-refractivity contribution in [3.05, 3.63) is 182 Å². The molecule has 10 rings (SSSR count). The summed E-state index contributed by atoms with van der Waals surface area (Å²) < 4.78 is 106. The molecule has 0 fully saturated rings. The fourth-order valence-electron chi connectivity index (χ4n) is 6.83. The minimum atomic E-state index is -0.630. The Balaban J connectivity index is 1.26. The van der Waals surface area contributed by atoms with Crippen LogP contribution in [0, 0.1) is 0 Å². The molecule has 0 bridgehead atoms. The summed E-state index contributed by atoms with van der Waals surface area (Å²) >= 11 is 0. The smallest absolute Gasteiger partial charge is 0.136 e. The predicted molar refractivity (Wildman–Crippen MR) is 206 cm³/mol. The molecule has 8 aromatic carbocycles. The summed E-state index contributed by atoms with van der Waals surface area (Å²) in [6.07, 6.45) is 0. The van der Waals surface area contributed by atoms with Crippen molar-refractivity contribution in [2.45, 2.75) is 0 Å². The third kappa shape index (κ3) is 4.37.